The second-order valence-corrected chi connectivity index (χ2v) is 8.58. The van der Waals surface area contributed by atoms with Crippen LogP contribution in [0.3, 0.4) is 0 Å². The van der Waals surface area contributed by atoms with E-state index in [1.165, 1.54) is 24.8 Å². The fraction of sp³-hybridized carbons (Fsp3) is 0.174. The number of thioether (sulfide) groups is 1. The Hall–Kier alpha value is -2.52. The van der Waals surface area contributed by atoms with Gasteiger partial charge in [0.2, 0.25) is 0 Å². The minimum absolute atomic E-state index is 0.0672. The van der Waals surface area contributed by atoms with Crippen molar-refractivity contribution in [2.24, 2.45) is 0 Å². The number of carbonyl (C=O) groups is 2. The summed E-state index contributed by atoms with van der Waals surface area (Å²) in [5, 5.41) is 14.4. The van der Waals surface area contributed by atoms with Crippen LogP contribution in [-0.4, -0.2) is 17.3 Å². The zero-order valence-electron chi connectivity index (χ0n) is 16.3. The molecular formula is C23H18Cl2N2O2S. The van der Waals surface area contributed by atoms with E-state index in [-0.39, 0.29) is 17.3 Å². The molecular weight excluding hydrogens is 439 g/mol. The van der Waals surface area contributed by atoms with Crippen molar-refractivity contribution in [2.45, 2.75) is 19.8 Å². The molecule has 1 N–H and O–H groups in total. The van der Waals surface area contributed by atoms with Gasteiger partial charge >= 0.3 is 0 Å². The summed E-state index contributed by atoms with van der Waals surface area (Å²) in [6.45, 7) is 3.30. The SMILES string of the molecule is CC(=O)C1=C(C)NC(SCC(=O)c2cc(Cl)ccc2Cl)=C(C#N)[C@@H]1c1ccccc1. The minimum atomic E-state index is -0.484. The Balaban J connectivity index is 1.95. The van der Waals surface area contributed by atoms with E-state index < -0.39 is 5.92 Å². The molecule has 3 rings (SSSR count). The zero-order valence-corrected chi connectivity index (χ0v) is 18.7. The normalized spacial score (nSPS) is 16.2. The molecule has 0 fully saturated rings. The number of nitriles is 1. The van der Waals surface area contributed by atoms with Crippen LogP contribution < -0.4 is 5.32 Å². The largest absolute Gasteiger partial charge is 0.353 e. The predicted octanol–water partition coefficient (Wildman–Crippen LogP) is 5.89. The highest BCUT2D eigenvalue weighted by Crippen LogP contribution is 2.40. The van der Waals surface area contributed by atoms with Crippen molar-refractivity contribution in [1.29, 1.82) is 5.26 Å². The summed E-state index contributed by atoms with van der Waals surface area (Å²) in [6.07, 6.45) is 0. The molecule has 0 saturated heterocycles. The number of Topliss-reactive ketones (excluding diaryl/α,β-unsaturated/α-hetero) is 2. The molecule has 1 aliphatic rings. The zero-order chi connectivity index (χ0) is 21.8. The van der Waals surface area contributed by atoms with E-state index in [1.807, 2.05) is 30.3 Å². The highest BCUT2D eigenvalue weighted by molar-refractivity contribution is 8.03. The van der Waals surface area contributed by atoms with Crippen LogP contribution in [0, 0.1) is 11.3 Å². The molecule has 1 atom stereocenters. The molecule has 0 saturated carbocycles. The van der Waals surface area contributed by atoms with Crippen LogP contribution in [0.4, 0.5) is 0 Å². The highest BCUT2D eigenvalue weighted by Gasteiger charge is 2.33. The lowest BCUT2D eigenvalue weighted by Gasteiger charge is -2.29. The minimum Gasteiger partial charge on any atom is -0.353 e. The van der Waals surface area contributed by atoms with E-state index in [4.69, 9.17) is 23.2 Å². The number of benzene rings is 2. The van der Waals surface area contributed by atoms with E-state index in [9.17, 15) is 14.9 Å². The smallest absolute Gasteiger partial charge is 0.174 e. The van der Waals surface area contributed by atoms with Crippen LogP contribution in [0.5, 0.6) is 0 Å². The number of ketones is 2. The summed E-state index contributed by atoms with van der Waals surface area (Å²) in [6, 6.07) is 16.4. The van der Waals surface area contributed by atoms with Crippen LogP contribution in [0.25, 0.3) is 0 Å². The van der Waals surface area contributed by atoms with Gasteiger partial charge in [0.1, 0.15) is 0 Å². The molecule has 0 bridgehead atoms. The third kappa shape index (κ3) is 4.62. The van der Waals surface area contributed by atoms with Crippen molar-refractivity contribution < 1.29 is 9.59 Å². The molecule has 0 aliphatic carbocycles. The van der Waals surface area contributed by atoms with Gasteiger partial charge in [-0.1, -0.05) is 65.3 Å². The molecule has 7 heteroatoms. The fourth-order valence-corrected chi connectivity index (χ4v) is 4.77. The Morgan fingerprint density at radius 2 is 1.87 bits per heavy atom. The first-order valence-electron chi connectivity index (χ1n) is 9.12. The summed E-state index contributed by atoms with van der Waals surface area (Å²) >= 11 is 13.3. The molecule has 0 amide bonds. The standard InChI is InChI=1S/C23H18Cl2N2O2S/c1-13-21(14(2)28)22(15-6-4-3-5-7-15)18(11-26)23(27-13)30-12-20(29)17-10-16(24)8-9-19(17)25/h3-10,22,27H,12H2,1-2H3/t22-/m0/s1. The van der Waals surface area contributed by atoms with Crippen LogP contribution >= 0.6 is 35.0 Å². The van der Waals surface area contributed by atoms with E-state index in [1.54, 1.807) is 19.1 Å². The maximum atomic E-state index is 12.7. The van der Waals surface area contributed by atoms with Crippen molar-refractivity contribution in [3.8, 4) is 6.07 Å². The Kier molecular flexibility index (Phi) is 7.04. The second kappa shape index (κ2) is 9.53. The number of dihydropyridines is 1. The Morgan fingerprint density at radius 1 is 1.17 bits per heavy atom. The number of rotatable bonds is 6. The van der Waals surface area contributed by atoms with E-state index in [2.05, 4.69) is 11.4 Å². The summed E-state index contributed by atoms with van der Waals surface area (Å²) < 4.78 is 0. The topological polar surface area (TPSA) is 70.0 Å². The van der Waals surface area contributed by atoms with Gasteiger partial charge in [-0.3, -0.25) is 9.59 Å². The molecule has 0 radical (unpaired) electrons. The number of halogens is 2. The van der Waals surface area contributed by atoms with Gasteiger partial charge in [0.05, 0.1) is 33.4 Å². The van der Waals surface area contributed by atoms with Crippen molar-refractivity contribution in [1.82, 2.24) is 5.32 Å². The van der Waals surface area contributed by atoms with E-state index in [0.717, 1.165) is 5.56 Å². The third-order valence-electron chi connectivity index (χ3n) is 4.74. The van der Waals surface area contributed by atoms with Crippen molar-refractivity contribution in [3.63, 3.8) is 0 Å². The molecule has 0 spiro atoms. The maximum absolute atomic E-state index is 12.7. The monoisotopic (exact) mass is 456 g/mol. The molecule has 0 unspecified atom stereocenters. The summed E-state index contributed by atoms with van der Waals surface area (Å²) in [5.74, 6) is -0.721. The van der Waals surface area contributed by atoms with Crippen molar-refractivity contribution >= 4 is 46.5 Å². The number of nitrogens with one attached hydrogen (secondary N) is 1. The fourth-order valence-electron chi connectivity index (χ4n) is 3.40. The maximum Gasteiger partial charge on any atom is 0.174 e. The lowest BCUT2D eigenvalue weighted by molar-refractivity contribution is -0.113. The molecule has 4 nitrogen and oxygen atoms in total. The van der Waals surface area contributed by atoms with Gasteiger partial charge in [-0.2, -0.15) is 5.26 Å². The van der Waals surface area contributed by atoms with Crippen LogP contribution in [0.15, 0.2) is 70.4 Å². The van der Waals surface area contributed by atoms with E-state index in [0.29, 0.717) is 37.5 Å². The Morgan fingerprint density at radius 3 is 2.50 bits per heavy atom. The molecule has 2 aromatic rings. The molecule has 2 aromatic carbocycles. The average Bonchev–Trinajstić information content (AvgIpc) is 2.73. The quantitative estimate of drug-likeness (QED) is 0.548. The van der Waals surface area contributed by atoms with Crippen LogP contribution in [0.1, 0.15) is 35.7 Å². The summed E-state index contributed by atoms with van der Waals surface area (Å²) in [5.41, 5.74) is 2.81. The summed E-state index contributed by atoms with van der Waals surface area (Å²) in [4.78, 5) is 25.1. The van der Waals surface area contributed by atoms with Crippen LogP contribution in [0.2, 0.25) is 10.0 Å². The van der Waals surface area contributed by atoms with E-state index >= 15 is 0 Å². The van der Waals surface area contributed by atoms with Gasteiger partial charge in [0.15, 0.2) is 11.6 Å². The van der Waals surface area contributed by atoms with Crippen LogP contribution in [-0.2, 0) is 4.79 Å². The molecule has 1 heterocycles. The number of allylic oxidation sites excluding steroid dienone is 3. The highest BCUT2D eigenvalue weighted by atomic mass is 35.5. The number of hydrogen-bond acceptors (Lipinski definition) is 5. The number of carbonyl (C=O) groups excluding carboxylic acids is 2. The Labute approximate surface area is 189 Å². The first-order valence-corrected chi connectivity index (χ1v) is 10.9. The number of hydrogen-bond donors (Lipinski definition) is 1. The molecule has 0 aromatic heterocycles. The first kappa shape index (κ1) is 22.2. The third-order valence-corrected chi connectivity index (χ3v) is 6.32. The predicted molar refractivity (Wildman–Crippen MR) is 122 cm³/mol. The van der Waals surface area contributed by atoms with Gasteiger partial charge in [-0.05, 0) is 37.6 Å². The van der Waals surface area contributed by atoms with Gasteiger partial charge in [-0.25, -0.2) is 0 Å². The molecule has 152 valence electrons. The number of nitrogens with zero attached hydrogens (tertiary/aromatic N) is 1. The lowest BCUT2D eigenvalue weighted by atomic mass is 9.81. The Bertz CT molecular complexity index is 1120. The van der Waals surface area contributed by atoms with Crippen molar-refractivity contribution in [3.05, 3.63) is 91.6 Å². The van der Waals surface area contributed by atoms with Gasteiger partial charge in [0, 0.05) is 21.9 Å². The van der Waals surface area contributed by atoms with Crippen molar-refractivity contribution in [2.75, 3.05) is 5.75 Å². The van der Waals surface area contributed by atoms with Gasteiger partial charge in [0.25, 0.3) is 0 Å². The first-order chi connectivity index (χ1) is 14.3. The van der Waals surface area contributed by atoms with Gasteiger partial charge < -0.3 is 5.32 Å². The lowest BCUT2D eigenvalue weighted by Crippen LogP contribution is -2.27. The molecule has 30 heavy (non-hydrogen) atoms. The molecule has 1 aliphatic heterocycles. The second-order valence-electron chi connectivity index (χ2n) is 6.75. The van der Waals surface area contributed by atoms with Gasteiger partial charge in [-0.15, -0.1) is 0 Å². The summed E-state index contributed by atoms with van der Waals surface area (Å²) in [7, 11) is 0. The average molecular weight is 457 g/mol.